The van der Waals surface area contributed by atoms with Gasteiger partial charge in [0.1, 0.15) is 17.7 Å². The Morgan fingerprint density at radius 1 is 1.18 bits per heavy atom. The number of allylic oxidation sites excluding steroid dienone is 3. The molecule has 1 aromatic carbocycles. The molecule has 0 radical (unpaired) electrons. The third-order valence-corrected chi connectivity index (χ3v) is 4.18. The number of hydrogen-bond donors (Lipinski definition) is 0. The molecular weight excluding hydrogens is 290 g/mol. The lowest BCUT2D eigenvalue weighted by atomic mass is 9.90. The molecule has 1 aromatic rings. The van der Waals surface area contributed by atoms with Crippen LogP contribution < -0.4 is 0 Å². The van der Waals surface area contributed by atoms with Crippen LogP contribution in [0.25, 0.3) is 5.57 Å². The van der Waals surface area contributed by atoms with Crippen LogP contribution >= 0.6 is 11.8 Å². The molecule has 1 rings (SSSR count). The Bertz CT molecular complexity index is 654. The maximum Gasteiger partial charge on any atom is 0.137 e. The summed E-state index contributed by atoms with van der Waals surface area (Å²) in [7, 11) is 3.90. The number of hydrogen-bond acceptors (Lipinski definition) is 4. The lowest BCUT2D eigenvalue weighted by molar-refractivity contribution is 0.551. The summed E-state index contributed by atoms with van der Waals surface area (Å²) in [6, 6.07) is 12.0. The first-order valence-corrected chi connectivity index (χ1v) is 8.25. The van der Waals surface area contributed by atoms with E-state index in [1.165, 1.54) is 0 Å². The van der Waals surface area contributed by atoms with Gasteiger partial charge in [-0.05, 0) is 29.4 Å². The minimum atomic E-state index is 0.140. The molecule has 22 heavy (non-hydrogen) atoms. The third kappa shape index (κ3) is 4.16. The van der Waals surface area contributed by atoms with Crippen molar-refractivity contribution in [1.82, 2.24) is 4.90 Å². The van der Waals surface area contributed by atoms with Gasteiger partial charge in [0.05, 0.1) is 5.03 Å². The fourth-order valence-corrected chi connectivity index (χ4v) is 2.77. The highest BCUT2D eigenvalue weighted by molar-refractivity contribution is 8.02. The van der Waals surface area contributed by atoms with Gasteiger partial charge in [-0.1, -0.05) is 38.1 Å². The van der Waals surface area contributed by atoms with Crippen LogP contribution in [0.3, 0.4) is 0 Å². The molecule has 0 saturated heterocycles. The standard InChI is InChI=1S/C18H21N3S/c1-13(2)15-8-6-7-9-16(15)17(14(11-19)12-20)10-18(22-5)21(3)4/h6-10,13H,1-5H3/b18-10-. The molecule has 0 atom stereocenters. The Balaban J connectivity index is 3.67. The van der Waals surface area contributed by atoms with E-state index in [9.17, 15) is 10.5 Å². The molecule has 0 saturated carbocycles. The molecule has 0 fully saturated rings. The van der Waals surface area contributed by atoms with E-state index in [2.05, 4.69) is 19.9 Å². The Morgan fingerprint density at radius 2 is 1.77 bits per heavy atom. The van der Waals surface area contributed by atoms with Gasteiger partial charge in [-0.3, -0.25) is 0 Å². The molecule has 114 valence electrons. The lowest BCUT2D eigenvalue weighted by Crippen LogP contribution is -2.09. The van der Waals surface area contributed by atoms with Crippen molar-refractivity contribution in [3.05, 3.63) is 52.1 Å². The topological polar surface area (TPSA) is 50.8 Å². The molecule has 0 amide bonds. The first kappa shape index (κ1) is 17.9. The normalized spacial score (nSPS) is 10.8. The largest absolute Gasteiger partial charge is 0.372 e. The first-order chi connectivity index (χ1) is 10.5. The highest BCUT2D eigenvalue weighted by Gasteiger charge is 2.14. The summed E-state index contributed by atoms with van der Waals surface area (Å²) >= 11 is 1.59. The second-order valence-corrected chi connectivity index (χ2v) is 6.16. The molecule has 0 unspecified atom stereocenters. The molecule has 0 aliphatic rings. The number of nitriles is 2. The first-order valence-electron chi connectivity index (χ1n) is 7.03. The van der Waals surface area contributed by atoms with Crippen LogP contribution in [0.5, 0.6) is 0 Å². The summed E-state index contributed by atoms with van der Waals surface area (Å²) < 4.78 is 0. The predicted molar refractivity (Wildman–Crippen MR) is 94.0 cm³/mol. The minimum Gasteiger partial charge on any atom is -0.372 e. The van der Waals surface area contributed by atoms with Crippen molar-refractivity contribution in [2.24, 2.45) is 0 Å². The minimum absolute atomic E-state index is 0.140. The van der Waals surface area contributed by atoms with E-state index in [1.54, 1.807) is 11.8 Å². The molecule has 0 bridgehead atoms. The van der Waals surface area contributed by atoms with Crippen LogP contribution in [-0.2, 0) is 0 Å². The van der Waals surface area contributed by atoms with Crippen LogP contribution in [0.4, 0.5) is 0 Å². The van der Waals surface area contributed by atoms with Crippen molar-refractivity contribution in [3.63, 3.8) is 0 Å². The maximum atomic E-state index is 9.33. The molecule has 4 heteroatoms. The zero-order valence-electron chi connectivity index (χ0n) is 13.7. The fraction of sp³-hybridized carbons (Fsp3) is 0.333. The highest BCUT2D eigenvalue weighted by atomic mass is 32.2. The van der Waals surface area contributed by atoms with E-state index < -0.39 is 0 Å². The average Bonchev–Trinajstić information content (AvgIpc) is 2.51. The van der Waals surface area contributed by atoms with Crippen molar-refractivity contribution in [2.45, 2.75) is 19.8 Å². The molecule has 0 spiro atoms. The van der Waals surface area contributed by atoms with Gasteiger partial charge in [0.25, 0.3) is 0 Å². The Hall–Kier alpha value is -2.17. The number of thioether (sulfide) groups is 1. The van der Waals surface area contributed by atoms with Gasteiger partial charge in [0.2, 0.25) is 0 Å². The zero-order chi connectivity index (χ0) is 16.7. The van der Waals surface area contributed by atoms with Crippen molar-refractivity contribution >= 4 is 17.3 Å². The zero-order valence-corrected chi connectivity index (χ0v) is 14.5. The van der Waals surface area contributed by atoms with Crippen LogP contribution in [-0.4, -0.2) is 25.3 Å². The molecule has 0 aromatic heterocycles. The molecular formula is C18H21N3S. The van der Waals surface area contributed by atoms with E-state index in [0.29, 0.717) is 11.5 Å². The summed E-state index contributed by atoms with van der Waals surface area (Å²) in [5, 5.41) is 19.7. The van der Waals surface area contributed by atoms with Gasteiger partial charge in [-0.25, -0.2) is 0 Å². The molecule has 0 heterocycles. The number of nitrogens with zero attached hydrogens (tertiary/aromatic N) is 3. The number of rotatable bonds is 5. The van der Waals surface area contributed by atoms with Gasteiger partial charge in [-0.2, -0.15) is 10.5 Å². The summed E-state index contributed by atoms with van der Waals surface area (Å²) in [6.07, 6.45) is 3.91. The molecule has 0 aliphatic carbocycles. The Morgan fingerprint density at radius 3 is 2.23 bits per heavy atom. The van der Waals surface area contributed by atoms with Gasteiger partial charge >= 0.3 is 0 Å². The Labute approximate surface area is 137 Å². The fourth-order valence-electron chi connectivity index (χ4n) is 2.17. The van der Waals surface area contributed by atoms with Crippen LogP contribution in [0.1, 0.15) is 30.9 Å². The molecule has 0 aliphatic heterocycles. The second-order valence-electron chi connectivity index (χ2n) is 5.34. The van der Waals surface area contributed by atoms with Gasteiger partial charge in [0, 0.05) is 19.7 Å². The maximum absolute atomic E-state index is 9.33. The third-order valence-electron chi connectivity index (χ3n) is 3.28. The second kappa shape index (κ2) is 8.32. The van der Waals surface area contributed by atoms with Gasteiger partial charge in [-0.15, -0.1) is 11.8 Å². The van der Waals surface area contributed by atoms with E-state index >= 15 is 0 Å². The van der Waals surface area contributed by atoms with Crippen LogP contribution in [0.15, 0.2) is 40.9 Å². The summed E-state index contributed by atoms with van der Waals surface area (Å²) in [5.41, 5.74) is 2.91. The smallest absolute Gasteiger partial charge is 0.137 e. The summed E-state index contributed by atoms with van der Waals surface area (Å²) in [6.45, 7) is 4.22. The van der Waals surface area contributed by atoms with Gasteiger partial charge in [0.15, 0.2) is 0 Å². The van der Waals surface area contributed by atoms with E-state index in [0.717, 1.165) is 16.2 Å². The van der Waals surface area contributed by atoms with E-state index in [1.807, 2.05) is 61.7 Å². The quantitative estimate of drug-likeness (QED) is 0.598. The van der Waals surface area contributed by atoms with E-state index in [-0.39, 0.29) is 5.57 Å². The van der Waals surface area contributed by atoms with Crippen molar-refractivity contribution in [3.8, 4) is 12.1 Å². The van der Waals surface area contributed by atoms with Crippen LogP contribution in [0.2, 0.25) is 0 Å². The molecule has 3 nitrogen and oxygen atoms in total. The Kier molecular flexibility index (Phi) is 6.76. The lowest BCUT2D eigenvalue weighted by Gasteiger charge is -2.18. The van der Waals surface area contributed by atoms with Crippen LogP contribution in [0, 0.1) is 22.7 Å². The van der Waals surface area contributed by atoms with E-state index in [4.69, 9.17) is 0 Å². The monoisotopic (exact) mass is 311 g/mol. The average molecular weight is 311 g/mol. The SMILES string of the molecule is CS/C(=C\C(=C(C#N)C#N)c1ccccc1C(C)C)N(C)C. The van der Waals surface area contributed by atoms with Crippen molar-refractivity contribution in [2.75, 3.05) is 20.4 Å². The molecule has 0 N–H and O–H groups in total. The van der Waals surface area contributed by atoms with Gasteiger partial charge < -0.3 is 4.90 Å². The van der Waals surface area contributed by atoms with Crippen molar-refractivity contribution in [1.29, 1.82) is 10.5 Å². The van der Waals surface area contributed by atoms with Crippen molar-refractivity contribution < 1.29 is 0 Å². The summed E-state index contributed by atoms with van der Waals surface area (Å²) in [4.78, 5) is 1.98. The number of benzene rings is 1. The predicted octanol–water partition coefficient (Wildman–Crippen LogP) is 4.38. The summed E-state index contributed by atoms with van der Waals surface area (Å²) in [5.74, 6) is 0.315. The highest BCUT2D eigenvalue weighted by Crippen LogP contribution is 2.31.